The quantitative estimate of drug-likeness (QED) is 0.875. The molecule has 1 aromatic rings. The molecule has 3 atom stereocenters. The molecule has 0 spiro atoms. The predicted octanol–water partition coefficient (Wildman–Crippen LogP) is 2.73. The number of carbonyl (C=O) groups is 1. The van der Waals surface area contributed by atoms with Gasteiger partial charge >= 0.3 is 5.97 Å². The number of benzene rings is 1. The molecule has 0 radical (unpaired) electrons. The van der Waals surface area contributed by atoms with E-state index >= 15 is 0 Å². The monoisotopic (exact) mass is 291 g/mol. The Labute approximate surface area is 126 Å². The van der Waals surface area contributed by atoms with Crippen LogP contribution in [0, 0.1) is 5.92 Å². The Morgan fingerprint density at radius 2 is 2.00 bits per heavy atom. The third-order valence-electron chi connectivity index (χ3n) is 4.54. The maximum absolute atomic E-state index is 11.3. The van der Waals surface area contributed by atoms with Gasteiger partial charge in [-0.3, -0.25) is 9.69 Å². The van der Waals surface area contributed by atoms with Gasteiger partial charge < -0.3 is 9.84 Å². The molecule has 116 valence electrons. The summed E-state index contributed by atoms with van der Waals surface area (Å²) in [5, 5.41) is 9.32. The van der Waals surface area contributed by atoms with Gasteiger partial charge in [0, 0.05) is 12.1 Å². The first-order valence-corrected chi connectivity index (χ1v) is 7.69. The molecule has 4 nitrogen and oxygen atoms in total. The lowest BCUT2D eigenvalue weighted by Gasteiger charge is -2.34. The van der Waals surface area contributed by atoms with Crippen molar-refractivity contribution >= 4 is 5.97 Å². The van der Waals surface area contributed by atoms with Gasteiger partial charge in [0.25, 0.3) is 0 Å². The van der Waals surface area contributed by atoms with E-state index in [1.54, 1.807) is 0 Å². The first-order chi connectivity index (χ1) is 10.1. The molecule has 0 aliphatic carbocycles. The van der Waals surface area contributed by atoms with Crippen LogP contribution in [0.3, 0.4) is 0 Å². The van der Waals surface area contributed by atoms with Crippen molar-refractivity contribution in [3.8, 4) is 0 Å². The number of likely N-dealkylation sites (N-methyl/N-ethyl adjacent to an activating group) is 1. The van der Waals surface area contributed by atoms with Crippen molar-refractivity contribution in [3.63, 3.8) is 0 Å². The van der Waals surface area contributed by atoms with Crippen LogP contribution >= 0.6 is 0 Å². The molecule has 1 aromatic carbocycles. The van der Waals surface area contributed by atoms with E-state index in [9.17, 15) is 9.90 Å². The third-order valence-corrected chi connectivity index (χ3v) is 4.54. The Bertz CT molecular complexity index is 471. The summed E-state index contributed by atoms with van der Waals surface area (Å²) in [7, 11) is 2.01. The Morgan fingerprint density at radius 3 is 2.52 bits per heavy atom. The zero-order valence-electron chi connectivity index (χ0n) is 13.1. The summed E-state index contributed by atoms with van der Waals surface area (Å²) in [5.41, 5.74) is 2.57. The highest BCUT2D eigenvalue weighted by Crippen LogP contribution is 2.30. The molecule has 3 unspecified atom stereocenters. The minimum atomic E-state index is -0.763. The van der Waals surface area contributed by atoms with Gasteiger partial charge in [0.05, 0.1) is 19.1 Å². The summed E-state index contributed by atoms with van der Waals surface area (Å²) in [6, 6.07) is 8.81. The minimum Gasteiger partial charge on any atom is -0.481 e. The van der Waals surface area contributed by atoms with E-state index in [4.69, 9.17) is 4.74 Å². The third kappa shape index (κ3) is 3.44. The molecule has 4 heteroatoms. The molecule has 1 aliphatic heterocycles. The molecule has 21 heavy (non-hydrogen) atoms. The minimum absolute atomic E-state index is 0.0571. The highest BCUT2D eigenvalue weighted by atomic mass is 16.5. The number of carboxylic acid groups (broad SMARTS) is 1. The number of aryl methyl sites for hydroxylation is 1. The Morgan fingerprint density at radius 1 is 1.33 bits per heavy atom. The normalized spacial score (nSPS) is 23.4. The second kappa shape index (κ2) is 7.05. The molecule has 1 heterocycles. The summed E-state index contributed by atoms with van der Waals surface area (Å²) in [4.78, 5) is 13.5. The van der Waals surface area contributed by atoms with E-state index in [1.165, 1.54) is 11.1 Å². The SMILES string of the molecule is CCc1ccc(C(CC)N(C)C2COCC2C(=O)O)cc1. The summed E-state index contributed by atoms with van der Waals surface area (Å²) in [6.07, 6.45) is 1.98. The smallest absolute Gasteiger partial charge is 0.310 e. The van der Waals surface area contributed by atoms with Gasteiger partial charge in [-0.05, 0) is 31.0 Å². The lowest BCUT2D eigenvalue weighted by Crippen LogP contribution is -2.42. The molecule has 0 bridgehead atoms. The van der Waals surface area contributed by atoms with Crippen LogP contribution in [0.5, 0.6) is 0 Å². The maximum Gasteiger partial charge on any atom is 0.310 e. The van der Waals surface area contributed by atoms with Gasteiger partial charge in [0.15, 0.2) is 0 Å². The van der Waals surface area contributed by atoms with Crippen molar-refractivity contribution in [2.45, 2.75) is 38.8 Å². The summed E-state index contributed by atoms with van der Waals surface area (Å²) < 4.78 is 5.40. The van der Waals surface area contributed by atoms with E-state index in [0.29, 0.717) is 13.2 Å². The van der Waals surface area contributed by atoms with Crippen LogP contribution in [0.1, 0.15) is 37.4 Å². The Kier molecular flexibility index (Phi) is 5.37. The molecule has 0 saturated carbocycles. The second-order valence-electron chi connectivity index (χ2n) is 5.73. The van der Waals surface area contributed by atoms with Crippen LogP contribution < -0.4 is 0 Å². The predicted molar refractivity (Wildman–Crippen MR) is 82.3 cm³/mol. The van der Waals surface area contributed by atoms with E-state index in [0.717, 1.165) is 12.8 Å². The number of hydrogen-bond donors (Lipinski definition) is 1. The van der Waals surface area contributed by atoms with Gasteiger partial charge in [0.2, 0.25) is 0 Å². The molecule has 2 rings (SSSR count). The average molecular weight is 291 g/mol. The first-order valence-electron chi connectivity index (χ1n) is 7.69. The van der Waals surface area contributed by atoms with E-state index < -0.39 is 11.9 Å². The number of nitrogens with zero attached hydrogens (tertiary/aromatic N) is 1. The zero-order valence-corrected chi connectivity index (χ0v) is 13.1. The summed E-state index contributed by atoms with van der Waals surface area (Å²) >= 11 is 0. The molecule has 0 amide bonds. The molecular weight excluding hydrogens is 266 g/mol. The van der Waals surface area contributed by atoms with Gasteiger partial charge in [-0.25, -0.2) is 0 Å². The van der Waals surface area contributed by atoms with Crippen LogP contribution in [-0.2, 0) is 16.0 Å². The van der Waals surface area contributed by atoms with Gasteiger partial charge in [-0.2, -0.15) is 0 Å². The first kappa shape index (κ1) is 16.0. The van der Waals surface area contributed by atoms with Crippen LogP contribution in [-0.4, -0.2) is 42.3 Å². The molecule has 1 N–H and O–H groups in total. The zero-order chi connectivity index (χ0) is 15.4. The highest BCUT2D eigenvalue weighted by molar-refractivity contribution is 5.71. The van der Waals surface area contributed by atoms with Gasteiger partial charge in [-0.1, -0.05) is 38.1 Å². The largest absolute Gasteiger partial charge is 0.481 e. The van der Waals surface area contributed by atoms with Crippen molar-refractivity contribution in [1.29, 1.82) is 0 Å². The fourth-order valence-corrected chi connectivity index (χ4v) is 3.15. The fraction of sp³-hybridized carbons (Fsp3) is 0.588. The number of aliphatic carboxylic acids is 1. The summed E-state index contributed by atoms with van der Waals surface area (Å²) in [5.74, 6) is -1.19. The number of hydrogen-bond acceptors (Lipinski definition) is 3. The number of carboxylic acids is 1. The van der Waals surface area contributed by atoms with Crippen LogP contribution in [0.15, 0.2) is 24.3 Å². The van der Waals surface area contributed by atoms with Gasteiger partial charge in [0.1, 0.15) is 0 Å². The molecule has 1 fully saturated rings. The highest BCUT2D eigenvalue weighted by Gasteiger charge is 2.38. The lowest BCUT2D eigenvalue weighted by molar-refractivity contribution is -0.143. The Balaban J connectivity index is 2.17. The van der Waals surface area contributed by atoms with E-state index in [2.05, 4.69) is 43.0 Å². The van der Waals surface area contributed by atoms with Crippen molar-refractivity contribution in [2.24, 2.45) is 5.92 Å². The van der Waals surface area contributed by atoms with E-state index in [-0.39, 0.29) is 12.1 Å². The summed E-state index contributed by atoms with van der Waals surface area (Å²) in [6.45, 7) is 5.10. The van der Waals surface area contributed by atoms with Crippen LogP contribution in [0.2, 0.25) is 0 Å². The van der Waals surface area contributed by atoms with Crippen molar-refractivity contribution < 1.29 is 14.6 Å². The molecule has 1 saturated heterocycles. The molecule has 0 aromatic heterocycles. The topological polar surface area (TPSA) is 49.8 Å². The van der Waals surface area contributed by atoms with Crippen molar-refractivity contribution in [3.05, 3.63) is 35.4 Å². The van der Waals surface area contributed by atoms with Crippen LogP contribution in [0.25, 0.3) is 0 Å². The van der Waals surface area contributed by atoms with Crippen molar-refractivity contribution in [2.75, 3.05) is 20.3 Å². The second-order valence-corrected chi connectivity index (χ2v) is 5.73. The fourth-order valence-electron chi connectivity index (χ4n) is 3.15. The lowest BCUT2D eigenvalue weighted by atomic mass is 9.96. The molecular formula is C17H25NO3. The number of rotatable bonds is 6. The average Bonchev–Trinajstić information content (AvgIpc) is 2.98. The van der Waals surface area contributed by atoms with Crippen molar-refractivity contribution in [1.82, 2.24) is 4.90 Å². The van der Waals surface area contributed by atoms with Gasteiger partial charge in [-0.15, -0.1) is 0 Å². The van der Waals surface area contributed by atoms with E-state index in [1.807, 2.05) is 7.05 Å². The number of ether oxygens (including phenoxy) is 1. The standard InChI is InChI=1S/C17H25NO3/c1-4-12-6-8-13(9-7-12)15(5-2)18(3)16-11-21-10-14(16)17(19)20/h6-9,14-16H,4-5,10-11H2,1-3H3,(H,19,20). The molecule has 1 aliphatic rings. The maximum atomic E-state index is 11.3. The Hall–Kier alpha value is -1.39. The van der Waals surface area contributed by atoms with Crippen LogP contribution in [0.4, 0.5) is 0 Å².